The zero-order chi connectivity index (χ0) is 31.4. The van der Waals surface area contributed by atoms with Crippen molar-refractivity contribution in [1.82, 2.24) is 0 Å². The van der Waals surface area contributed by atoms with Gasteiger partial charge in [-0.25, -0.2) is 0 Å². The number of aliphatic hydroxyl groups is 1. The average Bonchev–Trinajstić information content (AvgIpc) is 2.95. The number of halogens is 9. The summed E-state index contributed by atoms with van der Waals surface area (Å²) >= 11 is 12.3. The second-order valence-corrected chi connectivity index (χ2v) is 9.99. The van der Waals surface area contributed by atoms with E-state index in [1.54, 1.807) is 47.4 Å². The molecule has 4 rings (SSSR count). The molecule has 1 unspecified atom stereocenters. The first-order chi connectivity index (χ1) is 20.3. The number of hydrogen-bond acceptors (Lipinski definition) is 4. The molecule has 1 N–H and O–H groups in total. The van der Waals surface area contributed by atoms with Gasteiger partial charge in [-0.2, -0.15) is 30.7 Å². The first kappa shape index (κ1) is 32.2. The first-order valence-corrected chi connectivity index (χ1v) is 13.2. The fraction of sp³-hybridized carbons (Fsp3) is 0.200. The largest absolute Gasteiger partial charge is 0.461 e. The lowest BCUT2D eigenvalue weighted by molar-refractivity contribution is -0.253. The Hall–Kier alpha value is -3.67. The van der Waals surface area contributed by atoms with Gasteiger partial charge in [-0.05, 0) is 59.7 Å². The molecule has 0 aliphatic rings. The number of alkyl halides is 7. The fourth-order valence-electron chi connectivity index (χ4n) is 4.18. The van der Waals surface area contributed by atoms with Crippen LogP contribution in [0.2, 0.25) is 10.0 Å². The number of anilines is 1. The summed E-state index contributed by atoms with van der Waals surface area (Å²) < 4.78 is 102. The lowest BCUT2D eigenvalue weighted by Crippen LogP contribution is -2.33. The highest BCUT2D eigenvalue weighted by molar-refractivity contribution is 6.42. The van der Waals surface area contributed by atoms with Gasteiger partial charge in [0.05, 0.1) is 23.2 Å². The molecule has 13 heteroatoms. The van der Waals surface area contributed by atoms with Gasteiger partial charge >= 0.3 is 18.7 Å². The molecule has 0 saturated carbocycles. The molecule has 0 aliphatic heterocycles. The van der Waals surface area contributed by atoms with Gasteiger partial charge in [0.25, 0.3) is 0 Å². The van der Waals surface area contributed by atoms with E-state index < -0.39 is 42.7 Å². The highest BCUT2D eigenvalue weighted by Gasteiger charge is 2.44. The van der Waals surface area contributed by atoms with Gasteiger partial charge in [0.1, 0.15) is 22.3 Å². The van der Waals surface area contributed by atoms with Crippen LogP contribution in [0.25, 0.3) is 0 Å². The standard InChI is InChI=1S/C30H22Cl2F7NO3/c31-24-8-3-9-26(27(24)32)42-22-6-2-5-21(15-22)40(25(17-41)19-10-12-20(13-11-19)29(35,36)37)16-18-4-1-7-23(14-18)43-30(38,39)28(33)34/h1-15,25,28,41H,16-17H2. The molecule has 1 atom stereocenters. The van der Waals surface area contributed by atoms with E-state index in [-0.39, 0.29) is 28.1 Å². The van der Waals surface area contributed by atoms with E-state index in [9.17, 15) is 35.8 Å². The van der Waals surface area contributed by atoms with E-state index in [4.69, 9.17) is 27.9 Å². The third-order valence-electron chi connectivity index (χ3n) is 6.22. The molecule has 0 bridgehead atoms. The summed E-state index contributed by atoms with van der Waals surface area (Å²) in [5, 5.41) is 10.8. The van der Waals surface area contributed by atoms with Crippen molar-refractivity contribution in [2.75, 3.05) is 11.5 Å². The van der Waals surface area contributed by atoms with Gasteiger partial charge in [-0.15, -0.1) is 0 Å². The van der Waals surface area contributed by atoms with Gasteiger partial charge in [0.15, 0.2) is 0 Å². The summed E-state index contributed by atoms with van der Waals surface area (Å²) in [5.41, 5.74) is 0.116. The van der Waals surface area contributed by atoms with Crippen LogP contribution in [0.3, 0.4) is 0 Å². The topological polar surface area (TPSA) is 41.9 Å². The monoisotopic (exact) mass is 647 g/mol. The predicted octanol–water partition coefficient (Wildman–Crippen LogP) is 9.78. The molecule has 228 valence electrons. The Kier molecular flexibility index (Phi) is 9.99. The fourth-order valence-corrected chi connectivity index (χ4v) is 4.51. The van der Waals surface area contributed by atoms with E-state index in [1.165, 1.54) is 24.3 Å². The number of aliphatic hydroxyl groups excluding tert-OH is 1. The highest BCUT2D eigenvalue weighted by atomic mass is 35.5. The number of benzene rings is 4. The summed E-state index contributed by atoms with van der Waals surface area (Å²) in [6.07, 6.45) is -13.4. The number of nitrogens with zero attached hydrogens (tertiary/aromatic N) is 1. The van der Waals surface area contributed by atoms with Gasteiger partial charge in [0, 0.05) is 18.3 Å². The van der Waals surface area contributed by atoms with Crippen molar-refractivity contribution in [1.29, 1.82) is 0 Å². The minimum Gasteiger partial charge on any atom is -0.456 e. The van der Waals surface area contributed by atoms with Crippen LogP contribution in [-0.4, -0.2) is 24.2 Å². The molecule has 0 fully saturated rings. The SMILES string of the molecule is OCC(c1ccc(C(F)(F)F)cc1)N(Cc1cccc(OC(F)(F)C(F)F)c1)c1cccc(Oc2cccc(Cl)c2Cl)c1. The van der Waals surface area contributed by atoms with Crippen molar-refractivity contribution in [3.05, 3.63) is 118 Å². The minimum atomic E-state index is -4.74. The lowest BCUT2D eigenvalue weighted by atomic mass is 10.0. The molecule has 4 aromatic rings. The Morgan fingerprint density at radius 1 is 0.791 bits per heavy atom. The zero-order valence-corrected chi connectivity index (χ0v) is 23.4. The summed E-state index contributed by atoms with van der Waals surface area (Å²) in [7, 11) is 0. The molecule has 0 amide bonds. The smallest absolute Gasteiger partial charge is 0.456 e. The molecule has 4 aromatic carbocycles. The zero-order valence-electron chi connectivity index (χ0n) is 21.8. The predicted molar refractivity (Wildman–Crippen MR) is 148 cm³/mol. The molecular weight excluding hydrogens is 626 g/mol. The van der Waals surface area contributed by atoms with E-state index in [0.29, 0.717) is 16.8 Å². The van der Waals surface area contributed by atoms with Crippen molar-refractivity contribution in [2.24, 2.45) is 0 Å². The van der Waals surface area contributed by atoms with Gasteiger partial charge in [-0.3, -0.25) is 0 Å². The Balaban J connectivity index is 1.73. The lowest BCUT2D eigenvalue weighted by Gasteiger charge is -2.33. The molecule has 0 saturated heterocycles. The third kappa shape index (κ3) is 8.04. The van der Waals surface area contributed by atoms with Crippen molar-refractivity contribution in [3.63, 3.8) is 0 Å². The maximum Gasteiger partial charge on any atom is 0.461 e. The summed E-state index contributed by atoms with van der Waals surface area (Å²) in [5.74, 6) is -0.0148. The molecule has 43 heavy (non-hydrogen) atoms. The van der Waals surface area contributed by atoms with Crippen LogP contribution in [0.4, 0.5) is 36.4 Å². The molecule has 0 aromatic heterocycles. The molecule has 0 radical (unpaired) electrons. The molecule has 0 aliphatic carbocycles. The van der Waals surface area contributed by atoms with E-state index in [2.05, 4.69) is 4.74 Å². The quantitative estimate of drug-likeness (QED) is 0.165. The Morgan fingerprint density at radius 3 is 2.09 bits per heavy atom. The van der Waals surface area contributed by atoms with Gasteiger partial charge < -0.3 is 19.5 Å². The Bertz CT molecular complexity index is 1540. The second kappa shape index (κ2) is 13.3. The molecule has 0 heterocycles. The molecular formula is C30H22Cl2F7NO3. The van der Waals surface area contributed by atoms with Crippen LogP contribution in [0.5, 0.6) is 17.2 Å². The van der Waals surface area contributed by atoms with E-state index >= 15 is 0 Å². The van der Waals surface area contributed by atoms with Crippen molar-refractivity contribution >= 4 is 28.9 Å². The average molecular weight is 648 g/mol. The van der Waals surface area contributed by atoms with Crippen molar-refractivity contribution in [2.45, 2.75) is 31.3 Å². The maximum atomic E-state index is 13.6. The summed E-state index contributed by atoms with van der Waals surface area (Å²) in [6, 6.07) is 19.4. The van der Waals surface area contributed by atoms with Crippen LogP contribution in [0.1, 0.15) is 22.7 Å². The number of hydrogen-bond donors (Lipinski definition) is 1. The van der Waals surface area contributed by atoms with E-state index in [1.807, 2.05) is 0 Å². The van der Waals surface area contributed by atoms with Crippen molar-refractivity contribution in [3.8, 4) is 17.2 Å². The van der Waals surface area contributed by atoms with Crippen molar-refractivity contribution < 1.29 is 45.3 Å². The number of rotatable bonds is 11. The summed E-state index contributed by atoms with van der Waals surface area (Å²) in [6.45, 7) is -0.693. The minimum absolute atomic E-state index is 0.120. The normalized spacial score (nSPS) is 12.7. The summed E-state index contributed by atoms with van der Waals surface area (Å²) in [4.78, 5) is 1.58. The van der Waals surface area contributed by atoms with E-state index in [0.717, 1.165) is 24.3 Å². The van der Waals surface area contributed by atoms with Crippen LogP contribution in [0, 0.1) is 0 Å². The molecule has 4 nitrogen and oxygen atoms in total. The van der Waals surface area contributed by atoms with Gasteiger partial charge in [0.2, 0.25) is 0 Å². The third-order valence-corrected chi connectivity index (χ3v) is 7.03. The maximum absolute atomic E-state index is 13.6. The second-order valence-electron chi connectivity index (χ2n) is 9.21. The van der Waals surface area contributed by atoms with Crippen LogP contribution in [0.15, 0.2) is 91.0 Å². The van der Waals surface area contributed by atoms with Crippen LogP contribution >= 0.6 is 23.2 Å². The Morgan fingerprint density at radius 2 is 1.44 bits per heavy atom. The van der Waals surface area contributed by atoms with Crippen LogP contribution in [-0.2, 0) is 12.7 Å². The number of ether oxygens (including phenoxy) is 2. The van der Waals surface area contributed by atoms with Crippen LogP contribution < -0.4 is 14.4 Å². The highest BCUT2D eigenvalue weighted by Crippen LogP contribution is 2.38. The molecule has 0 spiro atoms. The first-order valence-electron chi connectivity index (χ1n) is 12.5. The Labute approximate surface area is 251 Å². The van der Waals surface area contributed by atoms with Gasteiger partial charge in [-0.1, -0.05) is 59.6 Å².